The summed E-state index contributed by atoms with van der Waals surface area (Å²) in [5.41, 5.74) is 1.26. The first-order chi connectivity index (χ1) is 7.26. The molecule has 0 N–H and O–H groups in total. The highest BCUT2D eigenvalue weighted by molar-refractivity contribution is 5.73. The van der Waals surface area contributed by atoms with E-state index in [1.807, 2.05) is 0 Å². The first-order valence-electron chi connectivity index (χ1n) is 4.58. The van der Waals surface area contributed by atoms with E-state index < -0.39 is 0 Å². The zero-order valence-corrected chi connectivity index (χ0v) is 8.40. The Morgan fingerprint density at radius 3 is 3.00 bits per heavy atom. The van der Waals surface area contributed by atoms with Crippen LogP contribution in [0.25, 0.3) is 0 Å². The average molecular weight is 205 g/mol. The minimum atomic E-state index is -0.287. The highest BCUT2D eigenvalue weighted by Crippen LogP contribution is 2.13. The molecule has 0 heterocycles. The molecular formula is C11H11NO3. The van der Waals surface area contributed by atoms with Gasteiger partial charge in [-0.3, -0.25) is 4.79 Å². The second kappa shape index (κ2) is 5.73. The maximum atomic E-state index is 11.2. The van der Waals surface area contributed by atoms with Crippen LogP contribution in [0.1, 0.15) is 12.5 Å². The lowest BCUT2D eigenvalue weighted by molar-refractivity contribution is -0.142. The number of hydrogen-bond acceptors (Lipinski definition) is 4. The van der Waals surface area contributed by atoms with Crippen LogP contribution in [0.5, 0.6) is 0 Å². The van der Waals surface area contributed by atoms with E-state index in [9.17, 15) is 9.59 Å². The lowest BCUT2D eigenvalue weighted by Gasteiger charge is -2.01. The van der Waals surface area contributed by atoms with E-state index in [4.69, 9.17) is 4.74 Å². The Labute approximate surface area is 87.6 Å². The van der Waals surface area contributed by atoms with Gasteiger partial charge in [-0.1, -0.05) is 12.1 Å². The van der Waals surface area contributed by atoms with Gasteiger partial charge in [0.15, 0.2) is 0 Å². The van der Waals surface area contributed by atoms with Gasteiger partial charge in [-0.25, -0.2) is 4.79 Å². The molecular weight excluding hydrogens is 194 g/mol. The van der Waals surface area contributed by atoms with Crippen molar-refractivity contribution in [3.05, 3.63) is 29.8 Å². The van der Waals surface area contributed by atoms with Crippen molar-refractivity contribution in [2.45, 2.75) is 13.3 Å². The zero-order chi connectivity index (χ0) is 11.1. The molecule has 0 radical (unpaired) electrons. The van der Waals surface area contributed by atoms with Crippen LogP contribution in [0.2, 0.25) is 0 Å². The van der Waals surface area contributed by atoms with Crippen molar-refractivity contribution in [3.63, 3.8) is 0 Å². The topological polar surface area (TPSA) is 55.7 Å². The Bertz CT molecular complexity index is 395. The van der Waals surface area contributed by atoms with E-state index in [0.29, 0.717) is 12.3 Å². The molecule has 0 aliphatic carbocycles. The molecule has 0 aliphatic heterocycles. The van der Waals surface area contributed by atoms with Gasteiger partial charge in [0.1, 0.15) is 0 Å². The van der Waals surface area contributed by atoms with Crippen molar-refractivity contribution < 1.29 is 14.3 Å². The number of carbonyl (C=O) groups is 1. The molecule has 0 atom stereocenters. The molecule has 78 valence electrons. The molecule has 0 aromatic heterocycles. The van der Waals surface area contributed by atoms with Gasteiger partial charge in [0.2, 0.25) is 6.08 Å². The van der Waals surface area contributed by atoms with E-state index in [0.717, 1.165) is 5.56 Å². The fourth-order valence-electron chi connectivity index (χ4n) is 1.17. The lowest BCUT2D eigenvalue weighted by atomic mass is 10.1. The molecule has 1 aromatic carbocycles. The minimum Gasteiger partial charge on any atom is -0.466 e. The van der Waals surface area contributed by atoms with E-state index in [-0.39, 0.29) is 12.4 Å². The average Bonchev–Trinajstić information content (AvgIpc) is 2.19. The van der Waals surface area contributed by atoms with Gasteiger partial charge in [0.25, 0.3) is 0 Å². The Kier molecular flexibility index (Phi) is 4.26. The third kappa shape index (κ3) is 3.75. The quantitative estimate of drug-likeness (QED) is 0.427. The number of nitrogens with zero attached hydrogens (tertiary/aromatic N) is 1. The summed E-state index contributed by atoms with van der Waals surface area (Å²) < 4.78 is 4.80. The number of esters is 1. The van der Waals surface area contributed by atoms with Crippen LogP contribution in [0.3, 0.4) is 0 Å². The maximum absolute atomic E-state index is 11.2. The Hall–Kier alpha value is -1.93. The Morgan fingerprint density at radius 1 is 1.53 bits per heavy atom. The second-order valence-corrected chi connectivity index (χ2v) is 2.85. The summed E-state index contributed by atoms with van der Waals surface area (Å²) in [6.45, 7) is 2.12. The van der Waals surface area contributed by atoms with Crippen LogP contribution in [-0.4, -0.2) is 18.7 Å². The van der Waals surface area contributed by atoms with Crippen LogP contribution < -0.4 is 0 Å². The van der Waals surface area contributed by atoms with Gasteiger partial charge in [0.05, 0.1) is 18.7 Å². The fourth-order valence-corrected chi connectivity index (χ4v) is 1.17. The number of rotatable bonds is 4. The third-order valence-corrected chi connectivity index (χ3v) is 1.74. The largest absolute Gasteiger partial charge is 0.466 e. The summed E-state index contributed by atoms with van der Waals surface area (Å²) >= 11 is 0. The van der Waals surface area contributed by atoms with Gasteiger partial charge in [0, 0.05) is 0 Å². The standard InChI is InChI=1S/C11H11NO3/c1-2-15-11(14)7-9-4-3-5-10(6-9)12-8-13/h3-6H,2,7H2,1H3. The lowest BCUT2D eigenvalue weighted by Crippen LogP contribution is -2.07. The molecule has 1 aromatic rings. The summed E-state index contributed by atoms with van der Waals surface area (Å²) in [4.78, 5) is 24.6. The van der Waals surface area contributed by atoms with Crippen molar-refractivity contribution in [1.82, 2.24) is 0 Å². The monoisotopic (exact) mass is 205 g/mol. The molecule has 4 heteroatoms. The third-order valence-electron chi connectivity index (χ3n) is 1.74. The van der Waals surface area contributed by atoms with Crippen molar-refractivity contribution in [3.8, 4) is 0 Å². The number of carbonyl (C=O) groups excluding carboxylic acids is 2. The molecule has 15 heavy (non-hydrogen) atoms. The number of benzene rings is 1. The van der Waals surface area contributed by atoms with Crippen molar-refractivity contribution in [2.24, 2.45) is 4.99 Å². The van der Waals surface area contributed by atoms with Gasteiger partial charge in [-0.15, -0.1) is 0 Å². The van der Waals surface area contributed by atoms with Crippen LogP contribution >= 0.6 is 0 Å². The normalized spacial score (nSPS) is 9.13. The Balaban J connectivity index is 2.73. The molecule has 0 bridgehead atoms. The summed E-state index contributed by atoms with van der Waals surface area (Å²) in [5.74, 6) is -0.287. The highest BCUT2D eigenvalue weighted by atomic mass is 16.5. The van der Waals surface area contributed by atoms with Crippen LogP contribution in [0.4, 0.5) is 5.69 Å². The smallest absolute Gasteiger partial charge is 0.310 e. The summed E-state index contributed by atoms with van der Waals surface area (Å²) in [6.07, 6.45) is 1.64. The van der Waals surface area contributed by atoms with Crippen molar-refractivity contribution >= 4 is 17.7 Å². The van der Waals surface area contributed by atoms with Crippen LogP contribution in [0, 0.1) is 0 Å². The van der Waals surface area contributed by atoms with E-state index in [1.54, 1.807) is 31.2 Å². The molecule has 0 fully saturated rings. The summed E-state index contributed by atoms with van der Waals surface area (Å²) in [6, 6.07) is 6.83. The predicted molar refractivity (Wildman–Crippen MR) is 54.6 cm³/mol. The molecule has 0 amide bonds. The van der Waals surface area contributed by atoms with E-state index >= 15 is 0 Å². The molecule has 0 saturated heterocycles. The number of hydrogen-bond donors (Lipinski definition) is 0. The van der Waals surface area contributed by atoms with Crippen molar-refractivity contribution in [2.75, 3.05) is 6.61 Å². The van der Waals surface area contributed by atoms with Crippen molar-refractivity contribution in [1.29, 1.82) is 0 Å². The van der Waals surface area contributed by atoms with Gasteiger partial charge < -0.3 is 4.74 Å². The Morgan fingerprint density at radius 2 is 2.33 bits per heavy atom. The molecule has 0 aliphatic rings. The molecule has 0 spiro atoms. The summed E-state index contributed by atoms with van der Waals surface area (Å²) in [5, 5.41) is 0. The van der Waals surface area contributed by atoms with E-state index in [2.05, 4.69) is 4.99 Å². The van der Waals surface area contributed by atoms with Gasteiger partial charge in [-0.05, 0) is 24.6 Å². The first-order valence-corrected chi connectivity index (χ1v) is 4.58. The van der Waals surface area contributed by atoms with Gasteiger partial charge in [-0.2, -0.15) is 4.99 Å². The first kappa shape index (κ1) is 11.1. The van der Waals surface area contributed by atoms with E-state index in [1.165, 1.54) is 6.08 Å². The SMILES string of the molecule is CCOC(=O)Cc1cccc(N=C=O)c1. The second-order valence-electron chi connectivity index (χ2n) is 2.85. The molecule has 0 saturated carbocycles. The number of ether oxygens (including phenoxy) is 1. The van der Waals surface area contributed by atoms with Crippen LogP contribution in [0.15, 0.2) is 29.3 Å². The molecule has 4 nitrogen and oxygen atoms in total. The molecule has 1 rings (SSSR count). The zero-order valence-electron chi connectivity index (χ0n) is 8.40. The highest BCUT2D eigenvalue weighted by Gasteiger charge is 2.03. The predicted octanol–water partition coefficient (Wildman–Crippen LogP) is 1.76. The fraction of sp³-hybridized carbons (Fsp3) is 0.273. The minimum absolute atomic E-state index is 0.191. The summed E-state index contributed by atoms with van der Waals surface area (Å²) in [7, 11) is 0. The molecule has 0 unspecified atom stereocenters. The maximum Gasteiger partial charge on any atom is 0.310 e. The number of aliphatic imine (C=N–C) groups is 1. The van der Waals surface area contributed by atoms with Crippen LogP contribution in [-0.2, 0) is 20.7 Å². The van der Waals surface area contributed by atoms with Gasteiger partial charge >= 0.3 is 5.97 Å². The number of isocyanates is 1.